The molecule has 0 aromatic rings. The first kappa shape index (κ1) is 10.4. The lowest BCUT2D eigenvalue weighted by Gasteiger charge is -2.22. The van der Waals surface area contributed by atoms with Crippen LogP contribution in [0.15, 0.2) is 12.2 Å². The molecule has 2 aliphatic carbocycles. The maximum atomic E-state index is 12.2. The molecule has 2 rings (SSSR count). The molecule has 3 heteroatoms. The highest BCUT2D eigenvalue weighted by molar-refractivity contribution is 6.08. The summed E-state index contributed by atoms with van der Waals surface area (Å²) in [7, 11) is 1.35. The van der Waals surface area contributed by atoms with Gasteiger partial charge in [0.1, 0.15) is 5.41 Å². The Balaban J connectivity index is 2.40. The lowest BCUT2D eigenvalue weighted by Crippen LogP contribution is -2.37. The molecule has 2 atom stereocenters. The van der Waals surface area contributed by atoms with Gasteiger partial charge in [-0.3, -0.25) is 9.59 Å². The molecule has 0 amide bonds. The SMILES string of the molecule is C=C1C[C@]2(C(=O)OC)CCCC[C@H]1C2=O. The third kappa shape index (κ3) is 1.33. The second-order valence-corrected chi connectivity index (χ2v) is 4.57. The molecule has 3 nitrogen and oxygen atoms in total. The number of ketones is 1. The molecule has 0 N–H and O–H groups in total. The van der Waals surface area contributed by atoms with Crippen LogP contribution in [0, 0.1) is 11.3 Å². The van der Waals surface area contributed by atoms with E-state index in [9.17, 15) is 9.59 Å². The number of hydrogen-bond donors (Lipinski definition) is 0. The highest BCUT2D eigenvalue weighted by atomic mass is 16.5. The Bertz CT molecular complexity index is 332. The number of hydrogen-bond acceptors (Lipinski definition) is 3. The Morgan fingerprint density at radius 2 is 2.27 bits per heavy atom. The van der Waals surface area contributed by atoms with Crippen LogP contribution in [0.25, 0.3) is 0 Å². The van der Waals surface area contributed by atoms with Crippen molar-refractivity contribution < 1.29 is 14.3 Å². The Hall–Kier alpha value is -1.12. The van der Waals surface area contributed by atoms with Crippen LogP contribution in [0.1, 0.15) is 32.1 Å². The van der Waals surface area contributed by atoms with E-state index in [4.69, 9.17) is 4.74 Å². The van der Waals surface area contributed by atoms with Crippen molar-refractivity contribution >= 4 is 11.8 Å². The second-order valence-electron chi connectivity index (χ2n) is 4.57. The maximum Gasteiger partial charge on any atom is 0.319 e. The standard InChI is InChI=1S/C12H16O3/c1-8-7-12(11(14)15-2)6-4-3-5-9(8)10(12)13/h9H,1,3-7H2,2H3/t9-,12-/m1/s1. The predicted octanol–water partition coefficient (Wildman–Crippen LogP) is 1.86. The summed E-state index contributed by atoms with van der Waals surface area (Å²) in [6.45, 7) is 3.92. The first-order valence-corrected chi connectivity index (χ1v) is 5.42. The van der Waals surface area contributed by atoms with E-state index in [2.05, 4.69) is 6.58 Å². The van der Waals surface area contributed by atoms with Gasteiger partial charge < -0.3 is 4.74 Å². The van der Waals surface area contributed by atoms with E-state index in [1.165, 1.54) is 7.11 Å². The van der Waals surface area contributed by atoms with Gasteiger partial charge in [-0.1, -0.05) is 25.0 Å². The van der Waals surface area contributed by atoms with Gasteiger partial charge in [0.25, 0.3) is 0 Å². The Morgan fingerprint density at radius 3 is 2.93 bits per heavy atom. The number of allylic oxidation sites excluding steroid dienone is 1. The molecule has 82 valence electrons. The molecule has 0 unspecified atom stereocenters. The monoisotopic (exact) mass is 208 g/mol. The van der Waals surface area contributed by atoms with Crippen molar-refractivity contribution in [1.82, 2.24) is 0 Å². The summed E-state index contributed by atoms with van der Waals surface area (Å²) in [5.74, 6) is -0.401. The average molecular weight is 208 g/mol. The van der Waals surface area contributed by atoms with Crippen LogP contribution in [0.3, 0.4) is 0 Å². The summed E-state index contributed by atoms with van der Waals surface area (Å²) in [4.78, 5) is 23.9. The number of carbonyl (C=O) groups is 2. The van der Waals surface area contributed by atoms with Crippen molar-refractivity contribution in [2.24, 2.45) is 11.3 Å². The van der Waals surface area contributed by atoms with Crippen molar-refractivity contribution in [1.29, 1.82) is 0 Å². The van der Waals surface area contributed by atoms with Crippen LogP contribution >= 0.6 is 0 Å². The van der Waals surface area contributed by atoms with E-state index in [1.807, 2.05) is 0 Å². The Labute approximate surface area is 89.5 Å². The lowest BCUT2D eigenvalue weighted by molar-refractivity contribution is -0.157. The van der Waals surface area contributed by atoms with E-state index in [-0.39, 0.29) is 17.7 Å². The van der Waals surface area contributed by atoms with Crippen molar-refractivity contribution in [3.63, 3.8) is 0 Å². The molecule has 0 aromatic heterocycles. The zero-order valence-electron chi connectivity index (χ0n) is 9.04. The predicted molar refractivity (Wildman–Crippen MR) is 55.2 cm³/mol. The summed E-state index contributed by atoms with van der Waals surface area (Å²) in [6, 6.07) is 0. The zero-order chi connectivity index (χ0) is 11.1. The summed E-state index contributed by atoms with van der Waals surface area (Å²) < 4.78 is 4.78. The number of rotatable bonds is 1. The average Bonchev–Trinajstić information content (AvgIpc) is 2.36. The minimum Gasteiger partial charge on any atom is -0.468 e. The fourth-order valence-electron chi connectivity index (χ4n) is 2.91. The quantitative estimate of drug-likeness (QED) is 0.375. The van der Waals surface area contributed by atoms with Crippen LogP contribution in [-0.4, -0.2) is 18.9 Å². The minimum absolute atomic E-state index is 0.0526. The number of esters is 1. The van der Waals surface area contributed by atoms with Gasteiger partial charge in [0.15, 0.2) is 5.78 Å². The minimum atomic E-state index is -0.882. The van der Waals surface area contributed by atoms with Gasteiger partial charge >= 0.3 is 5.97 Å². The van der Waals surface area contributed by atoms with Crippen molar-refractivity contribution in [2.75, 3.05) is 7.11 Å². The van der Waals surface area contributed by atoms with E-state index < -0.39 is 5.41 Å². The fraction of sp³-hybridized carbons (Fsp3) is 0.667. The number of methoxy groups -OCH3 is 1. The normalized spacial score (nSPS) is 35.1. The van der Waals surface area contributed by atoms with Crippen LogP contribution in [0.5, 0.6) is 0 Å². The van der Waals surface area contributed by atoms with Crippen LogP contribution in [0.2, 0.25) is 0 Å². The van der Waals surface area contributed by atoms with E-state index in [1.54, 1.807) is 0 Å². The Kier molecular flexibility index (Phi) is 2.41. The first-order chi connectivity index (χ1) is 7.12. The summed E-state index contributed by atoms with van der Waals surface area (Å²) >= 11 is 0. The van der Waals surface area contributed by atoms with Gasteiger partial charge in [0, 0.05) is 5.92 Å². The zero-order valence-corrected chi connectivity index (χ0v) is 9.04. The van der Waals surface area contributed by atoms with Gasteiger partial charge in [-0.2, -0.15) is 0 Å². The van der Waals surface area contributed by atoms with Crippen molar-refractivity contribution in [3.8, 4) is 0 Å². The van der Waals surface area contributed by atoms with Gasteiger partial charge in [0.05, 0.1) is 7.11 Å². The maximum absolute atomic E-state index is 12.2. The second kappa shape index (κ2) is 3.47. The van der Waals surface area contributed by atoms with Crippen LogP contribution < -0.4 is 0 Å². The molecule has 0 aromatic carbocycles. The van der Waals surface area contributed by atoms with Gasteiger partial charge in [0.2, 0.25) is 0 Å². The van der Waals surface area contributed by atoms with Gasteiger partial charge in [-0.25, -0.2) is 0 Å². The summed E-state index contributed by atoms with van der Waals surface area (Å²) in [6.07, 6.45) is 3.94. The molecule has 0 radical (unpaired) electrons. The van der Waals surface area contributed by atoms with Crippen molar-refractivity contribution in [3.05, 3.63) is 12.2 Å². The summed E-state index contributed by atoms with van der Waals surface area (Å²) in [5.41, 5.74) is 0.0394. The highest BCUT2D eigenvalue weighted by Crippen LogP contribution is 2.49. The topological polar surface area (TPSA) is 43.4 Å². The number of carbonyl (C=O) groups excluding carboxylic acids is 2. The molecule has 2 saturated carbocycles. The number of ether oxygens (including phenoxy) is 1. The molecule has 15 heavy (non-hydrogen) atoms. The third-order valence-corrected chi connectivity index (χ3v) is 3.73. The molecule has 2 aliphatic rings. The fourth-order valence-corrected chi connectivity index (χ4v) is 2.91. The Morgan fingerprint density at radius 1 is 1.53 bits per heavy atom. The summed E-state index contributed by atoms with van der Waals surface area (Å²) in [5, 5.41) is 0. The largest absolute Gasteiger partial charge is 0.468 e. The highest BCUT2D eigenvalue weighted by Gasteiger charge is 2.56. The van der Waals surface area contributed by atoms with Crippen molar-refractivity contribution in [2.45, 2.75) is 32.1 Å². The first-order valence-electron chi connectivity index (χ1n) is 5.42. The molecule has 0 aliphatic heterocycles. The molecule has 0 heterocycles. The van der Waals surface area contributed by atoms with E-state index >= 15 is 0 Å². The van der Waals surface area contributed by atoms with Crippen LogP contribution in [-0.2, 0) is 14.3 Å². The smallest absolute Gasteiger partial charge is 0.319 e. The van der Waals surface area contributed by atoms with E-state index in [0.717, 1.165) is 24.8 Å². The molecule has 2 bridgehead atoms. The lowest BCUT2D eigenvalue weighted by atomic mass is 9.80. The van der Waals surface area contributed by atoms with Gasteiger partial charge in [-0.15, -0.1) is 0 Å². The number of fused-ring (bicyclic) bond motifs is 2. The molecular formula is C12H16O3. The van der Waals surface area contributed by atoms with E-state index in [0.29, 0.717) is 12.8 Å². The molecular weight excluding hydrogens is 192 g/mol. The van der Waals surface area contributed by atoms with Crippen LogP contribution in [0.4, 0.5) is 0 Å². The molecule has 0 saturated heterocycles. The number of Topliss-reactive ketones (excluding diaryl/α,β-unsaturated/α-hetero) is 1. The van der Waals surface area contributed by atoms with Gasteiger partial charge in [-0.05, 0) is 19.3 Å². The molecule has 0 spiro atoms. The third-order valence-electron chi connectivity index (χ3n) is 3.73. The molecule has 2 fully saturated rings.